The van der Waals surface area contributed by atoms with E-state index < -0.39 is 0 Å². The molecule has 3 aromatic rings. The summed E-state index contributed by atoms with van der Waals surface area (Å²) in [7, 11) is 0. The molecule has 0 unspecified atom stereocenters. The zero-order valence-corrected chi connectivity index (χ0v) is 11.5. The third-order valence-electron chi connectivity index (χ3n) is 2.71. The summed E-state index contributed by atoms with van der Waals surface area (Å²) in [5.41, 5.74) is 7.17. The van der Waals surface area contributed by atoms with Crippen molar-refractivity contribution in [1.82, 2.24) is 15.2 Å². The van der Waals surface area contributed by atoms with Crippen molar-refractivity contribution in [2.75, 3.05) is 5.73 Å². The Balaban J connectivity index is 1.86. The smallest absolute Gasteiger partial charge is 0.181 e. The van der Waals surface area contributed by atoms with Crippen LogP contribution in [0.2, 0.25) is 5.02 Å². The highest BCUT2D eigenvalue weighted by atomic mass is 35.5. The molecule has 0 amide bonds. The number of nitrogens with zero attached hydrogens (tertiary/aromatic N) is 2. The second-order valence-electron chi connectivity index (χ2n) is 4.10. The molecule has 96 valence electrons. The largest absolute Gasteiger partial charge is 0.398 e. The van der Waals surface area contributed by atoms with Gasteiger partial charge in [0.2, 0.25) is 0 Å². The molecule has 1 aromatic carbocycles. The standard InChI is InChI=1S/C13H11ClN4S/c14-10-4-3-8(6-11(10)15)13-16-12(17-18-13)7-9-2-1-5-19-9/h1-6H,7,15H2,(H,16,17,18). The average Bonchev–Trinajstić information content (AvgIpc) is 3.05. The Labute approximate surface area is 119 Å². The molecule has 3 N–H and O–H groups in total. The van der Waals surface area contributed by atoms with Crippen LogP contribution in [0.25, 0.3) is 11.4 Å². The van der Waals surface area contributed by atoms with E-state index in [2.05, 4.69) is 21.2 Å². The summed E-state index contributed by atoms with van der Waals surface area (Å²) >= 11 is 7.60. The molecule has 0 fully saturated rings. The van der Waals surface area contributed by atoms with Gasteiger partial charge < -0.3 is 5.73 Å². The fraction of sp³-hybridized carbons (Fsp3) is 0.0769. The second-order valence-corrected chi connectivity index (χ2v) is 5.54. The number of benzene rings is 1. The minimum atomic E-state index is 0.531. The van der Waals surface area contributed by atoms with Crippen LogP contribution in [-0.2, 0) is 6.42 Å². The van der Waals surface area contributed by atoms with Crippen molar-refractivity contribution in [3.8, 4) is 11.4 Å². The molecule has 0 saturated carbocycles. The number of nitrogens with one attached hydrogen (secondary N) is 1. The third-order valence-corrected chi connectivity index (χ3v) is 3.93. The van der Waals surface area contributed by atoms with Crippen molar-refractivity contribution in [3.63, 3.8) is 0 Å². The Hall–Kier alpha value is -1.85. The van der Waals surface area contributed by atoms with Crippen molar-refractivity contribution < 1.29 is 0 Å². The van der Waals surface area contributed by atoms with Gasteiger partial charge in [0.05, 0.1) is 10.7 Å². The fourth-order valence-electron chi connectivity index (χ4n) is 1.76. The number of nitrogen functional groups attached to an aromatic ring is 1. The summed E-state index contributed by atoms with van der Waals surface area (Å²) < 4.78 is 0. The predicted octanol–water partition coefficient (Wildman–Crippen LogP) is 3.36. The fourth-order valence-corrected chi connectivity index (χ4v) is 2.59. The van der Waals surface area contributed by atoms with Crippen molar-refractivity contribution >= 4 is 28.6 Å². The lowest BCUT2D eigenvalue weighted by Gasteiger charge is -1.99. The van der Waals surface area contributed by atoms with Gasteiger partial charge in [0, 0.05) is 16.9 Å². The molecule has 0 aliphatic heterocycles. The number of hydrogen-bond acceptors (Lipinski definition) is 4. The minimum Gasteiger partial charge on any atom is -0.398 e. The molecular formula is C13H11ClN4S. The number of aromatic nitrogens is 3. The van der Waals surface area contributed by atoms with Gasteiger partial charge in [-0.15, -0.1) is 11.3 Å². The van der Waals surface area contributed by atoms with E-state index in [1.165, 1.54) is 4.88 Å². The summed E-state index contributed by atoms with van der Waals surface area (Å²) in [6.07, 6.45) is 0.758. The maximum Gasteiger partial charge on any atom is 0.181 e. The molecule has 0 atom stereocenters. The highest BCUT2D eigenvalue weighted by molar-refractivity contribution is 7.09. The average molecular weight is 291 g/mol. The molecule has 6 heteroatoms. The maximum atomic E-state index is 5.90. The highest BCUT2D eigenvalue weighted by Crippen LogP contribution is 2.24. The molecule has 19 heavy (non-hydrogen) atoms. The highest BCUT2D eigenvalue weighted by Gasteiger charge is 2.08. The SMILES string of the molecule is Nc1cc(-c2n[nH]c(Cc3cccs3)n2)ccc1Cl. The molecule has 0 bridgehead atoms. The Morgan fingerprint density at radius 2 is 2.21 bits per heavy atom. The van der Waals surface area contributed by atoms with Crippen molar-refractivity contribution in [1.29, 1.82) is 0 Å². The van der Waals surface area contributed by atoms with Gasteiger partial charge in [-0.2, -0.15) is 5.10 Å². The van der Waals surface area contributed by atoms with Crippen LogP contribution in [0.5, 0.6) is 0 Å². The number of nitrogens with two attached hydrogens (primary N) is 1. The first kappa shape index (κ1) is 12.2. The molecule has 0 spiro atoms. The zero-order valence-electron chi connectivity index (χ0n) is 9.93. The monoisotopic (exact) mass is 290 g/mol. The quantitative estimate of drug-likeness (QED) is 0.727. The molecule has 0 saturated heterocycles. The van der Waals surface area contributed by atoms with Gasteiger partial charge in [-0.25, -0.2) is 4.98 Å². The van der Waals surface area contributed by atoms with E-state index >= 15 is 0 Å². The van der Waals surface area contributed by atoms with Crippen molar-refractivity contribution in [2.24, 2.45) is 0 Å². The van der Waals surface area contributed by atoms with E-state index in [-0.39, 0.29) is 0 Å². The lowest BCUT2D eigenvalue weighted by molar-refractivity contribution is 0.984. The van der Waals surface area contributed by atoms with E-state index in [1.54, 1.807) is 23.5 Å². The van der Waals surface area contributed by atoms with Crippen LogP contribution in [0.3, 0.4) is 0 Å². The van der Waals surface area contributed by atoms with Gasteiger partial charge in [0.25, 0.3) is 0 Å². The number of rotatable bonds is 3. The van der Waals surface area contributed by atoms with E-state index in [0.717, 1.165) is 17.8 Å². The van der Waals surface area contributed by atoms with Crippen molar-refractivity contribution in [3.05, 3.63) is 51.4 Å². The number of H-pyrrole nitrogens is 1. The number of halogens is 1. The normalized spacial score (nSPS) is 10.8. The van der Waals surface area contributed by atoms with Gasteiger partial charge >= 0.3 is 0 Å². The summed E-state index contributed by atoms with van der Waals surface area (Å²) in [4.78, 5) is 5.72. The molecule has 4 nitrogen and oxygen atoms in total. The van der Waals surface area contributed by atoms with Gasteiger partial charge in [0.1, 0.15) is 5.82 Å². The molecule has 0 aliphatic rings. The first-order valence-corrected chi connectivity index (χ1v) is 6.97. The number of thiophene rings is 1. The Kier molecular flexibility index (Phi) is 3.23. The maximum absolute atomic E-state index is 5.90. The second kappa shape index (κ2) is 5.03. The molecule has 3 rings (SSSR count). The minimum absolute atomic E-state index is 0.531. The van der Waals surface area contributed by atoms with Gasteiger partial charge in [-0.05, 0) is 29.6 Å². The molecular weight excluding hydrogens is 280 g/mol. The zero-order chi connectivity index (χ0) is 13.2. The summed E-state index contributed by atoms with van der Waals surface area (Å²) in [6, 6.07) is 9.49. The van der Waals surface area contributed by atoms with Crippen LogP contribution in [0, 0.1) is 0 Å². The third kappa shape index (κ3) is 2.62. The molecule has 0 radical (unpaired) electrons. The number of anilines is 1. The van der Waals surface area contributed by atoms with Crippen LogP contribution in [0.15, 0.2) is 35.7 Å². The van der Waals surface area contributed by atoms with Crippen LogP contribution >= 0.6 is 22.9 Å². The van der Waals surface area contributed by atoms with Gasteiger partial charge in [-0.1, -0.05) is 17.7 Å². The first-order valence-electron chi connectivity index (χ1n) is 5.71. The summed E-state index contributed by atoms with van der Waals surface area (Å²) in [5.74, 6) is 1.47. The van der Waals surface area contributed by atoms with E-state index in [0.29, 0.717) is 16.5 Å². The molecule has 2 aromatic heterocycles. The number of hydrogen-bond donors (Lipinski definition) is 2. The van der Waals surface area contributed by atoms with E-state index in [9.17, 15) is 0 Å². The van der Waals surface area contributed by atoms with Crippen LogP contribution in [0.4, 0.5) is 5.69 Å². The van der Waals surface area contributed by atoms with Crippen molar-refractivity contribution in [2.45, 2.75) is 6.42 Å². The Bertz CT molecular complexity index is 690. The first-order chi connectivity index (χ1) is 9.22. The van der Waals surface area contributed by atoms with Crippen LogP contribution in [0.1, 0.15) is 10.7 Å². The Morgan fingerprint density at radius 1 is 1.32 bits per heavy atom. The lowest BCUT2D eigenvalue weighted by atomic mass is 10.2. The van der Waals surface area contributed by atoms with Gasteiger partial charge in [0.15, 0.2) is 5.82 Å². The Morgan fingerprint density at radius 3 is 2.95 bits per heavy atom. The van der Waals surface area contributed by atoms with E-state index in [1.807, 2.05) is 17.5 Å². The number of aromatic amines is 1. The summed E-state index contributed by atoms with van der Waals surface area (Å²) in [6.45, 7) is 0. The predicted molar refractivity (Wildman–Crippen MR) is 78.4 cm³/mol. The molecule has 0 aliphatic carbocycles. The topological polar surface area (TPSA) is 67.6 Å². The van der Waals surface area contributed by atoms with E-state index in [4.69, 9.17) is 17.3 Å². The van der Waals surface area contributed by atoms with Gasteiger partial charge in [-0.3, -0.25) is 5.10 Å². The lowest BCUT2D eigenvalue weighted by Crippen LogP contribution is -1.89. The van der Waals surface area contributed by atoms with Crippen LogP contribution < -0.4 is 5.73 Å². The van der Waals surface area contributed by atoms with Crippen LogP contribution in [-0.4, -0.2) is 15.2 Å². The summed E-state index contributed by atoms with van der Waals surface area (Å²) in [5, 5.41) is 9.74. The molecule has 2 heterocycles.